The molecule has 0 aromatic heterocycles. The maximum atomic E-state index is 11.4. The molecule has 4 N–H and O–H groups in total. The summed E-state index contributed by atoms with van der Waals surface area (Å²) in [7, 11) is 0. The number of Topliss-reactive ketones (excluding diaryl/α,β-unsaturated/α-hetero) is 1. The van der Waals surface area contributed by atoms with E-state index in [1.54, 1.807) is 5.01 Å². The van der Waals surface area contributed by atoms with Crippen LogP contribution in [0.2, 0.25) is 0 Å². The standard InChI is InChI=1S/C13H14N4O.C3H6O/c14-15-13(18)16-17(11-7-3-1-4-8-11)12-9-5-2-6-10-12;1-3(2)4/h1-10H,14H2,(H2,15,16,18);1-2H3. The third-order valence-corrected chi connectivity index (χ3v) is 2.37. The smallest absolute Gasteiger partial charge is 0.300 e. The van der Waals surface area contributed by atoms with Crippen LogP contribution in [0.15, 0.2) is 60.7 Å². The van der Waals surface area contributed by atoms with E-state index in [1.165, 1.54) is 13.8 Å². The lowest BCUT2D eigenvalue weighted by atomic mass is 10.2. The Kier molecular flexibility index (Phi) is 7.15. The first-order valence-corrected chi connectivity index (χ1v) is 6.69. The van der Waals surface area contributed by atoms with Crippen molar-refractivity contribution in [3.05, 3.63) is 60.7 Å². The first kappa shape index (κ1) is 17.2. The van der Waals surface area contributed by atoms with Gasteiger partial charge in [0.15, 0.2) is 0 Å². The van der Waals surface area contributed by atoms with Crippen molar-refractivity contribution in [2.75, 3.05) is 5.01 Å². The number of para-hydroxylation sites is 2. The Morgan fingerprint density at radius 1 is 0.864 bits per heavy atom. The van der Waals surface area contributed by atoms with Gasteiger partial charge in [0.2, 0.25) is 0 Å². The summed E-state index contributed by atoms with van der Waals surface area (Å²) in [5.74, 6) is 5.25. The molecule has 2 aromatic rings. The molecule has 22 heavy (non-hydrogen) atoms. The highest BCUT2D eigenvalue weighted by Gasteiger charge is 2.10. The third-order valence-electron chi connectivity index (χ3n) is 2.37. The molecule has 0 radical (unpaired) electrons. The zero-order valence-electron chi connectivity index (χ0n) is 12.6. The van der Waals surface area contributed by atoms with Crippen LogP contribution in [0.5, 0.6) is 0 Å². The lowest BCUT2D eigenvalue weighted by molar-refractivity contribution is -0.114. The Balaban J connectivity index is 0.000000541. The maximum Gasteiger partial charge on any atom is 0.348 e. The van der Waals surface area contributed by atoms with Crippen LogP contribution in [0.1, 0.15) is 13.8 Å². The number of rotatable bonds is 3. The average Bonchev–Trinajstić information content (AvgIpc) is 2.53. The van der Waals surface area contributed by atoms with E-state index in [4.69, 9.17) is 5.84 Å². The molecular formula is C16H20N4O2. The van der Waals surface area contributed by atoms with Crippen molar-refractivity contribution in [2.24, 2.45) is 5.84 Å². The minimum Gasteiger partial charge on any atom is -0.300 e. The molecule has 0 aliphatic rings. The fourth-order valence-corrected chi connectivity index (χ4v) is 1.57. The molecule has 0 bridgehead atoms. The molecule has 0 aliphatic carbocycles. The highest BCUT2D eigenvalue weighted by atomic mass is 16.2. The van der Waals surface area contributed by atoms with E-state index in [9.17, 15) is 9.59 Å². The SMILES string of the molecule is CC(C)=O.NNC(=O)NN(c1ccccc1)c1ccccc1. The van der Waals surface area contributed by atoms with Gasteiger partial charge in [-0.05, 0) is 38.1 Å². The number of carbonyl (C=O) groups excluding carboxylic acids is 2. The van der Waals surface area contributed by atoms with Crippen molar-refractivity contribution >= 4 is 23.2 Å². The number of amides is 2. The molecule has 116 valence electrons. The number of hydrazine groups is 2. The fraction of sp³-hybridized carbons (Fsp3) is 0.125. The topological polar surface area (TPSA) is 87.5 Å². The predicted octanol–water partition coefficient (Wildman–Crippen LogP) is 2.51. The molecule has 0 atom stereocenters. The molecule has 0 aliphatic heterocycles. The van der Waals surface area contributed by atoms with Gasteiger partial charge in [-0.1, -0.05) is 36.4 Å². The van der Waals surface area contributed by atoms with Crippen molar-refractivity contribution in [3.8, 4) is 0 Å². The molecule has 0 saturated carbocycles. The van der Waals surface area contributed by atoms with Crippen LogP contribution < -0.4 is 21.7 Å². The third kappa shape index (κ3) is 6.06. The number of carbonyl (C=O) groups is 2. The van der Waals surface area contributed by atoms with Crippen LogP contribution in [-0.2, 0) is 4.79 Å². The molecule has 6 nitrogen and oxygen atoms in total. The molecule has 2 amide bonds. The number of urea groups is 1. The Hall–Kier alpha value is -2.86. The van der Waals surface area contributed by atoms with E-state index in [-0.39, 0.29) is 5.78 Å². The number of anilines is 2. The molecule has 0 spiro atoms. The van der Waals surface area contributed by atoms with Crippen LogP contribution >= 0.6 is 0 Å². The van der Waals surface area contributed by atoms with Crippen LogP contribution in [0.4, 0.5) is 16.2 Å². The van der Waals surface area contributed by atoms with E-state index >= 15 is 0 Å². The second-order valence-electron chi connectivity index (χ2n) is 4.50. The van der Waals surface area contributed by atoms with E-state index in [2.05, 4.69) is 5.43 Å². The Labute approximate surface area is 129 Å². The van der Waals surface area contributed by atoms with Crippen molar-refractivity contribution < 1.29 is 9.59 Å². The number of nitrogens with zero attached hydrogens (tertiary/aromatic N) is 1. The van der Waals surface area contributed by atoms with Gasteiger partial charge in [0.1, 0.15) is 5.78 Å². The van der Waals surface area contributed by atoms with Gasteiger partial charge in [0, 0.05) is 0 Å². The molecule has 0 fully saturated rings. The highest BCUT2D eigenvalue weighted by Crippen LogP contribution is 2.22. The number of nitrogens with one attached hydrogen (secondary N) is 2. The highest BCUT2D eigenvalue weighted by molar-refractivity contribution is 5.78. The zero-order valence-corrected chi connectivity index (χ0v) is 12.6. The normalized spacial score (nSPS) is 9.05. The Bertz CT molecular complexity index is 544. The minimum atomic E-state index is -0.484. The summed E-state index contributed by atoms with van der Waals surface area (Å²) in [5, 5.41) is 1.65. The van der Waals surface area contributed by atoms with Gasteiger partial charge in [-0.2, -0.15) is 0 Å². The first-order valence-electron chi connectivity index (χ1n) is 6.69. The summed E-state index contributed by atoms with van der Waals surface area (Å²) in [6.07, 6.45) is 0. The van der Waals surface area contributed by atoms with Gasteiger partial charge < -0.3 is 4.79 Å². The van der Waals surface area contributed by atoms with E-state index in [0.717, 1.165) is 11.4 Å². The molecule has 2 rings (SSSR count). The average molecular weight is 300 g/mol. The molecule has 0 unspecified atom stereocenters. The second-order valence-corrected chi connectivity index (χ2v) is 4.50. The van der Waals surface area contributed by atoms with Crippen LogP contribution in [0.3, 0.4) is 0 Å². The van der Waals surface area contributed by atoms with Crippen molar-refractivity contribution in [1.82, 2.24) is 10.9 Å². The van der Waals surface area contributed by atoms with Crippen LogP contribution in [0.25, 0.3) is 0 Å². The number of benzene rings is 2. The van der Waals surface area contributed by atoms with Crippen molar-refractivity contribution in [3.63, 3.8) is 0 Å². The Morgan fingerprint density at radius 2 is 1.23 bits per heavy atom. The largest absolute Gasteiger partial charge is 0.348 e. The van der Waals surface area contributed by atoms with Gasteiger partial charge in [-0.25, -0.2) is 16.1 Å². The number of nitrogens with two attached hydrogens (primary N) is 1. The second kappa shape index (κ2) is 9.15. The number of hydrogen-bond donors (Lipinski definition) is 3. The zero-order chi connectivity index (χ0) is 16.4. The van der Waals surface area contributed by atoms with E-state index in [0.29, 0.717) is 0 Å². The first-order chi connectivity index (χ1) is 10.5. The fourth-order valence-electron chi connectivity index (χ4n) is 1.57. The summed E-state index contributed by atoms with van der Waals surface area (Å²) in [4.78, 5) is 20.8. The minimum absolute atomic E-state index is 0.167. The molecule has 0 saturated heterocycles. The summed E-state index contributed by atoms with van der Waals surface area (Å²) in [5.41, 5.74) is 6.38. The quantitative estimate of drug-likeness (QED) is 0.462. The Morgan fingerprint density at radius 3 is 1.55 bits per heavy atom. The summed E-state index contributed by atoms with van der Waals surface area (Å²) in [6, 6.07) is 18.5. The van der Waals surface area contributed by atoms with Crippen molar-refractivity contribution in [2.45, 2.75) is 13.8 Å². The van der Waals surface area contributed by atoms with E-state index in [1.807, 2.05) is 66.1 Å². The molecule has 0 heterocycles. The van der Waals surface area contributed by atoms with Gasteiger partial charge in [-0.15, -0.1) is 0 Å². The lowest BCUT2D eigenvalue weighted by Crippen LogP contribution is -2.47. The van der Waals surface area contributed by atoms with Gasteiger partial charge in [0.05, 0.1) is 11.4 Å². The monoisotopic (exact) mass is 300 g/mol. The van der Waals surface area contributed by atoms with Gasteiger partial charge in [-0.3, -0.25) is 10.4 Å². The molecular weight excluding hydrogens is 280 g/mol. The number of hydrogen-bond acceptors (Lipinski definition) is 4. The maximum absolute atomic E-state index is 11.4. The van der Waals surface area contributed by atoms with Crippen LogP contribution in [-0.4, -0.2) is 11.8 Å². The number of ketones is 1. The lowest BCUT2D eigenvalue weighted by Gasteiger charge is -2.24. The summed E-state index contributed by atoms with van der Waals surface area (Å²) >= 11 is 0. The molecule has 6 heteroatoms. The van der Waals surface area contributed by atoms with Gasteiger partial charge in [0.25, 0.3) is 0 Å². The predicted molar refractivity (Wildman–Crippen MR) is 87.2 cm³/mol. The summed E-state index contributed by atoms with van der Waals surface area (Å²) < 4.78 is 0. The summed E-state index contributed by atoms with van der Waals surface area (Å²) in [6.45, 7) is 3.06. The molecule has 2 aromatic carbocycles. The van der Waals surface area contributed by atoms with Crippen molar-refractivity contribution in [1.29, 1.82) is 0 Å². The van der Waals surface area contributed by atoms with Crippen LogP contribution in [0, 0.1) is 0 Å². The van der Waals surface area contributed by atoms with Gasteiger partial charge >= 0.3 is 6.03 Å². The van der Waals surface area contributed by atoms with E-state index < -0.39 is 6.03 Å².